The number of benzene rings is 2. The van der Waals surface area contributed by atoms with E-state index in [2.05, 4.69) is 27.7 Å². The monoisotopic (exact) mass is 464 g/mol. The molecular formula is C24H24N4O4S. The third-order valence-electron chi connectivity index (χ3n) is 5.72. The van der Waals surface area contributed by atoms with Crippen LogP contribution in [0.4, 0.5) is 0 Å². The van der Waals surface area contributed by atoms with Gasteiger partial charge in [-0.15, -0.1) is 11.3 Å². The zero-order valence-electron chi connectivity index (χ0n) is 18.0. The minimum absolute atomic E-state index is 0.0280. The summed E-state index contributed by atoms with van der Waals surface area (Å²) in [4.78, 5) is 33.8. The average molecular weight is 465 g/mol. The molecule has 2 aromatic carbocycles. The third-order valence-corrected chi connectivity index (χ3v) is 6.66. The molecule has 3 aromatic rings. The molecule has 2 aliphatic heterocycles. The highest BCUT2D eigenvalue weighted by Gasteiger charge is 2.23. The lowest BCUT2D eigenvalue weighted by Gasteiger charge is -2.34. The number of hydrogen-bond acceptors (Lipinski definition) is 7. The molecule has 8 nitrogen and oxygen atoms in total. The average Bonchev–Trinajstić information content (AvgIpc) is 3.52. The smallest absolute Gasteiger partial charge is 0.251 e. The van der Waals surface area contributed by atoms with Crippen LogP contribution in [-0.4, -0.2) is 66.1 Å². The van der Waals surface area contributed by atoms with Crippen LogP contribution in [0.15, 0.2) is 53.9 Å². The van der Waals surface area contributed by atoms with Crippen LogP contribution >= 0.6 is 11.3 Å². The zero-order chi connectivity index (χ0) is 22.6. The Bertz CT molecular complexity index is 1140. The molecule has 33 heavy (non-hydrogen) atoms. The second kappa shape index (κ2) is 9.60. The first-order chi connectivity index (χ1) is 16.2. The van der Waals surface area contributed by atoms with Crippen LogP contribution in [0.1, 0.15) is 16.1 Å². The predicted octanol–water partition coefficient (Wildman–Crippen LogP) is 2.61. The molecule has 2 amide bonds. The number of fused-ring (bicyclic) bond motifs is 1. The molecule has 0 spiro atoms. The number of carbonyl (C=O) groups is 2. The SMILES string of the molecule is O=C(NCC(=O)N1CCN(Cc2csc(-c3ccccc3)n2)CC1)c1ccc2c(c1)OCO2. The largest absolute Gasteiger partial charge is 0.454 e. The maximum absolute atomic E-state index is 12.6. The van der Waals surface area contributed by atoms with E-state index in [4.69, 9.17) is 14.5 Å². The number of rotatable bonds is 6. The van der Waals surface area contributed by atoms with Crippen LogP contribution in [0.3, 0.4) is 0 Å². The van der Waals surface area contributed by atoms with Gasteiger partial charge in [0.15, 0.2) is 11.5 Å². The molecule has 5 rings (SSSR count). The first-order valence-electron chi connectivity index (χ1n) is 10.8. The Labute approximate surface area is 195 Å². The number of hydrogen-bond donors (Lipinski definition) is 1. The Morgan fingerprint density at radius 3 is 2.61 bits per heavy atom. The van der Waals surface area contributed by atoms with Gasteiger partial charge in [0, 0.05) is 49.2 Å². The number of nitrogens with zero attached hydrogens (tertiary/aromatic N) is 3. The molecule has 1 N–H and O–H groups in total. The lowest BCUT2D eigenvalue weighted by Crippen LogP contribution is -2.50. The fraction of sp³-hybridized carbons (Fsp3) is 0.292. The second-order valence-corrected chi connectivity index (χ2v) is 8.78. The van der Waals surface area contributed by atoms with Gasteiger partial charge in [-0.3, -0.25) is 14.5 Å². The first kappa shape index (κ1) is 21.4. The van der Waals surface area contributed by atoms with Gasteiger partial charge in [-0.25, -0.2) is 4.98 Å². The highest BCUT2D eigenvalue weighted by atomic mass is 32.1. The van der Waals surface area contributed by atoms with Crippen molar-refractivity contribution >= 4 is 23.2 Å². The standard InChI is InChI=1S/C24H24N4O4S/c29-22(13-25-23(30)18-6-7-20-21(12-18)32-16-31-20)28-10-8-27(9-11-28)14-19-15-33-24(26-19)17-4-2-1-3-5-17/h1-7,12,15H,8-11,13-14,16H2,(H,25,30). The van der Waals surface area contributed by atoms with Crippen molar-refractivity contribution in [2.24, 2.45) is 0 Å². The van der Waals surface area contributed by atoms with Gasteiger partial charge in [-0.2, -0.15) is 0 Å². The molecule has 1 fully saturated rings. The Kier molecular flexibility index (Phi) is 6.23. The molecule has 0 unspecified atom stereocenters. The minimum atomic E-state index is -0.307. The fourth-order valence-electron chi connectivity index (χ4n) is 3.88. The quantitative estimate of drug-likeness (QED) is 0.604. The van der Waals surface area contributed by atoms with Crippen molar-refractivity contribution in [2.45, 2.75) is 6.54 Å². The van der Waals surface area contributed by atoms with Crippen molar-refractivity contribution in [3.05, 3.63) is 65.2 Å². The number of aromatic nitrogens is 1. The van der Waals surface area contributed by atoms with E-state index < -0.39 is 0 Å². The van der Waals surface area contributed by atoms with E-state index in [1.165, 1.54) is 0 Å². The topological polar surface area (TPSA) is 84.0 Å². The molecule has 9 heteroatoms. The molecule has 0 bridgehead atoms. The van der Waals surface area contributed by atoms with Gasteiger partial charge >= 0.3 is 0 Å². The Morgan fingerprint density at radius 1 is 1.00 bits per heavy atom. The molecule has 2 aliphatic rings. The summed E-state index contributed by atoms with van der Waals surface area (Å²) in [7, 11) is 0. The zero-order valence-corrected chi connectivity index (χ0v) is 18.8. The van der Waals surface area contributed by atoms with E-state index in [-0.39, 0.29) is 25.2 Å². The van der Waals surface area contributed by atoms with E-state index in [1.54, 1.807) is 34.4 Å². The van der Waals surface area contributed by atoms with Crippen molar-refractivity contribution < 1.29 is 19.1 Å². The highest BCUT2D eigenvalue weighted by Crippen LogP contribution is 2.32. The van der Waals surface area contributed by atoms with Crippen molar-refractivity contribution in [2.75, 3.05) is 39.5 Å². The van der Waals surface area contributed by atoms with Gasteiger partial charge in [-0.1, -0.05) is 30.3 Å². The van der Waals surface area contributed by atoms with Crippen molar-refractivity contribution in [1.82, 2.24) is 20.1 Å². The van der Waals surface area contributed by atoms with E-state index in [1.807, 2.05) is 18.2 Å². The Hall–Kier alpha value is -3.43. The van der Waals surface area contributed by atoms with E-state index >= 15 is 0 Å². The van der Waals surface area contributed by atoms with Gasteiger partial charge in [-0.05, 0) is 18.2 Å². The Balaban J connectivity index is 1.08. The third kappa shape index (κ3) is 4.99. The summed E-state index contributed by atoms with van der Waals surface area (Å²) in [5, 5.41) is 5.84. The van der Waals surface area contributed by atoms with Crippen molar-refractivity contribution in [3.63, 3.8) is 0 Å². The summed E-state index contributed by atoms with van der Waals surface area (Å²) < 4.78 is 10.6. The van der Waals surface area contributed by atoms with E-state index in [9.17, 15) is 9.59 Å². The molecule has 0 aliphatic carbocycles. The normalized spacial score (nSPS) is 15.5. The molecule has 1 saturated heterocycles. The van der Waals surface area contributed by atoms with Crippen LogP contribution in [0.25, 0.3) is 10.6 Å². The fourth-order valence-corrected chi connectivity index (χ4v) is 4.70. The molecule has 170 valence electrons. The van der Waals surface area contributed by atoms with E-state index in [0.717, 1.165) is 35.9 Å². The first-order valence-corrected chi connectivity index (χ1v) is 11.7. The van der Waals surface area contributed by atoms with Crippen LogP contribution in [0, 0.1) is 0 Å². The van der Waals surface area contributed by atoms with Crippen molar-refractivity contribution in [3.8, 4) is 22.1 Å². The molecule has 3 heterocycles. The van der Waals surface area contributed by atoms with Gasteiger partial charge in [0.05, 0.1) is 12.2 Å². The number of amides is 2. The van der Waals surface area contributed by atoms with Crippen LogP contribution in [-0.2, 0) is 11.3 Å². The number of carbonyl (C=O) groups excluding carboxylic acids is 2. The lowest BCUT2D eigenvalue weighted by molar-refractivity contribution is -0.131. The van der Waals surface area contributed by atoms with Crippen LogP contribution in [0.5, 0.6) is 11.5 Å². The van der Waals surface area contributed by atoms with Crippen LogP contribution in [0.2, 0.25) is 0 Å². The summed E-state index contributed by atoms with van der Waals surface area (Å²) in [6.45, 7) is 3.72. The molecule has 1 aromatic heterocycles. The lowest BCUT2D eigenvalue weighted by atomic mass is 10.2. The number of ether oxygens (including phenoxy) is 2. The van der Waals surface area contributed by atoms with Gasteiger partial charge in [0.2, 0.25) is 12.7 Å². The molecule has 0 saturated carbocycles. The Morgan fingerprint density at radius 2 is 1.79 bits per heavy atom. The van der Waals surface area contributed by atoms with Gasteiger partial charge < -0.3 is 19.7 Å². The summed E-state index contributed by atoms with van der Waals surface area (Å²) in [6, 6.07) is 15.2. The van der Waals surface area contributed by atoms with Crippen LogP contribution < -0.4 is 14.8 Å². The maximum Gasteiger partial charge on any atom is 0.251 e. The summed E-state index contributed by atoms with van der Waals surface area (Å²) >= 11 is 1.65. The van der Waals surface area contributed by atoms with Gasteiger partial charge in [0.25, 0.3) is 5.91 Å². The molecule has 0 radical (unpaired) electrons. The van der Waals surface area contributed by atoms with Gasteiger partial charge in [0.1, 0.15) is 5.01 Å². The predicted molar refractivity (Wildman–Crippen MR) is 124 cm³/mol. The van der Waals surface area contributed by atoms with Crippen molar-refractivity contribution in [1.29, 1.82) is 0 Å². The highest BCUT2D eigenvalue weighted by molar-refractivity contribution is 7.13. The number of thiazole rings is 1. The number of piperazine rings is 1. The van der Waals surface area contributed by atoms with E-state index in [0.29, 0.717) is 30.2 Å². The summed E-state index contributed by atoms with van der Waals surface area (Å²) in [5.41, 5.74) is 2.62. The minimum Gasteiger partial charge on any atom is -0.454 e. The summed E-state index contributed by atoms with van der Waals surface area (Å²) in [6.07, 6.45) is 0. The maximum atomic E-state index is 12.6. The molecular weight excluding hydrogens is 440 g/mol. The summed E-state index contributed by atoms with van der Waals surface area (Å²) in [5.74, 6) is 0.775. The molecule has 0 atom stereocenters. The number of nitrogens with one attached hydrogen (secondary N) is 1. The second-order valence-electron chi connectivity index (χ2n) is 7.92.